The van der Waals surface area contributed by atoms with Gasteiger partial charge in [-0.3, -0.25) is 0 Å². The molecule has 2 atom stereocenters. The van der Waals surface area contributed by atoms with E-state index in [1.807, 2.05) is 19.1 Å². The van der Waals surface area contributed by atoms with Crippen LogP contribution in [0.4, 0.5) is 8.78 Å². The summed E-state index contributed by atoms with van der Waals surface area (Å²) in [7, 11) is 0. The van der Waals surface area contributed by atoms with Crippen molar-refractivity contribution in [1.29, 1.82) is 0 Å². The molecule has 0 aliphatic rings. The molecule has 0 fully saturated rings. The molecule has 108 valence electrons. The minimum Gasteiger partial charge on any atom is -0.434 e. The maximum atomic E-state index is 12.3. The van der Waals surface area contributed by atoms with Gasteiger partial charge in [-0.15, -0.1) is 0 Å². The van der Waals surface area contributed by atoms with Gasteiger partial charge in [0.25, 0.3) is 0 Å². The first-order valence-electron chi connectivity index (χ1n) is 6.81. The van der Waals surface area contributed by atoms with E-state index in [4.69, 9.17) is 0 Å². The van der Waals surface area contributed by atoms with Gasteiger partial charge < -0.3 is 10.1 Å². The lowest BCUT2D eigenvalue weighted by Gasteiger charge is -2.20. The Bertz CT molecular complexity index is 371. The first-order valence-corrected chi connectivity index (χ1v) is 6.81. The molecule has 19 heavy (non-hydrogen) atoms. The smallest absolute Gasteiger partial charge is 0.387 e. The Balaban J connectivity index is 2.63. The Labute approximate surface area is 114 Å². The van der Waals surface area contributed by atoms with Crippen molar-refractivity contribution in [3.8, 4) is 5.75 Å². The van der Waals surface area contributed by atoms with Gasteiger partial charge in [0.2, 0.25) is 0 Å². The summed E-state index contributed by atoms with van der Waals surface area (Å²) in [4.78, 5) is 0. The number of rotatable bonds is 8. The maximum absolute atomic E-state index is 12.3. The van der Waals surface area contributed by atoms with Gasteiger partial charge in [0.05, 0.1) is 0 Å². The molecule has 2 unspecified atom stereocenters. The molecule has 0 saturated heterocycles. The first kappa shape index (κ1) is 15.9. The number of benzene rings is 1. The van der Waals surface area contributed by atoms with Crippen LogP contribution in [-0.4, -0.2) is 13.2 Å². The molecule has 0 heterocycles. The second-order valence-corrected chi connectivity index (χ2v) is 4.94. The number of halogens is 2. The van der Waals surface area contributed by atoms with Crippen molar-refractivity contribution in [2.45, 2.75) is 46.3 Å². The van der Waals surface area contributed by atoms with Gasteiger partial charge in [-0.1, -0.05) is 38.5 Å². The number of para-hydroxylation sites is 1. The zero-order valence-electron chi connectivity index (χ0n) is 11.8. The van der Waals surface area contributed by atoms with Gasteiger partial charge in [-0.2, -0.15) is 8.78 Å². The van der Waals surface area contributed by atoms with Crippen molar-refractivity contribution in [2.24, 2.45) is 5.92 Å². The van der Waals surface area contributed by atoms with Gasteiger partial charge in [-0.25, -0.2) is 0 Å². The van der Waals surface area contributed by atoms with Crippen molar-refractivity contribution in [1.82, 2.24) is 5.32 Å². The molecule has 4 heteroatoms. The van der Waals surface area contributed by atoms with Crippen LogP contribution in [0.2, 0.25) is 0 Å². The predicted molar refractivity (Wildman–Crippen MR) is 73.6 cm³/mol. The van der Waals surface area contributed by atoms with Gasteiger partial charge in [-0.05, 0) is 31.9 Å². The van der Waals surface area contributed by atoms with Gasteiger partial charge in [0, 0.05) is 11.6 Å². The summed E-state index contributed by atoms with van der Waals surface area (Å²) >= 11 is 0. The molecule has 0 amide bonds. The fourth-order valence-corrected chi connectivity index (χ4v) is 2.12. The summed E-state index contributed by atoms with van der Waals surface area (Å²) in [6, 6.07) is 6.93. The molecule has 0 spiro atoms. The van der Waals surface area contributed by atoms with Crippen molar-refractivity contribution < 1.29 is 13.5 Å². The number of alkyl halides is 2. The minimum atomic E-state index is -2.78. The number of nitrogens with one attached hydrogen (secondary N) is 1. The molecule has 2 nitrogen and oxygen atoms in total. The van der Waals surface area contributed by atoms with Crippen LogP contribution >= 0.6 is 0 Å². The standard InChI is InChI=1S/C15H23F2NO/c1-4-7-11(2)10-18-12(3)13-8-5-6-9-14(13)19-15(16)17/h5-6,8-9,11-12,15,18H,4,7,10H2,1-3H3. The quantitative estimate of drug-likeness (QED) is 0.758. The highest BCUT2D eigenvalue weighted by Gasteiger charge is 2.14. The largest absolute Gasteiger partial charge is 0.434 e. The molecular weight excluding hydrogens is 248 g/mol. The molecule has 1 rings (SSSR count). The summed E-state index contributed by atoms with van der Waals surface area (Å²) in [5.41, 5.74) is 0.770. The monoisotopic (exact) mass is 271 g/mol. The second kappa shape index (κ2) is 8.10. The zero-order chi connectivity index (χ0) is 14.3. The summed E-state index contributed by atoms with van der Waals surface area (Å²) in [5.74, 6) is 0.830. The molecule has 0 bridgehead atoms. The Hall–Kier alpha value is -1.16. The van der Waals surface area contributed by atoms with Gasteiger partial charge in [0.1, 0.15) is 5.75 Å². The fourth-order valence-electron chi connectivity index (χ4n) is 2.12. The van der Waals surface area contributed by atoms with E-state index >= 15 is 0 Å². The van der Waals surface area contributed by atoms with Crippen molar-refractivity contribution in [2.75, 3.05) is 6.54 Å². The van der Waals surface area contributed by atoms with E-state index in [2.05, 4.69) is 23.9 Å². The van der Waals surface area contributed by atoms with E-state index in [-0.39, 0.29) is 11.8 Å². The van der Waals surface area contributed by atoms with E-state index < -0.39 is 6.61 Å². The van der Waals surface area contributed by atoms with E-state index in [1.165, 1.54) is 0 Å². The van der Waals surface area contributed by atoms with Crippen LogP contribution in [0.25, 0.3) is 0 Å². The minimum absolute atomic E-state index is 0.00532. The van der Waals surface area contributed by atoms with Crippen molar-refractivity contribution in [3.05, 3.63) is 29.8 Å². The van der Waals surface area contributed by atoms with Crippen LogP contribution in [0.1, 0.15) is 45.2 Å². The highest BCUT2D eigenvalue weighted by atomic mass is 19.3. The van der Waals surface area contributed by atoms with E-state index in [9.17, 15) is 8.78 Å². The molecule has 0 saturated carbocycles. The van der Waals surface area contributed by atoms with Crippen LogP contribution in [0.3, 0.4) is 0 Å². The molecular formula is C15H23F2NO. The van der Waals surface area contributed by atoms with Crippen molar-refractivity contribution >= 4 is 0 Å². The SMILES string of the molecule is CCCC(C)CNC(C)c1ccccc1OC(F)F. The topological polar surface area (TPSA) is 21.3 Å². The number of hydrogen-bond donors (Lipinski definition) is 1. The summed E-state index contributed by atoms with van der Waals surface area (Å²) < 4.78 is 29.2. The molecule has 1 aromatic carbocycles. The van der Waals surface area contributed by atoms with E-state index in [1.54, 1.807) is 12.1 Å². The van der Waals surface area contributed by atoms with Gasteiger partial charge >= 0.3 is 6.61 Å². The molecule has 0 radical (unpaired) electrons. The van der Waals surface area contributed by atoms with Crippen LogP contribution in [0, 0.1) is 5.92 Å². The summed E-state index contributed by atoms with van der Waals surface area (Å²) in [6.45, 7) is 4.40. The summed E-state index contributed by atoms with van der Waals surface area (Å²) in [6.07, 6.45) is 2.32. The van der Waals surface area contributed by atoms with Crippen LogP contribution in [0.15, 0.2) is 24.3 Å². The molecule has 0 aliphatic carbocycles. The Kier molecular flexibility index (Phi) is 6.78. The molecule has 0 aromatic heterocycles. The van der Waals surface area contributed by atoms with Crippen molar-refractivity contribution in [3.63, 3.8) is 0 Å². The van der Waals surface area contributed by atoms with Crippen LogP contribution in [-0.2, 0) is 0 Å². The third-order valence-electron chi connectivity index (χ3n) is 3.16. The highest BCUT2D eigenvalue weighted by Crippen LogP contribution is 2.26. The molecule has 1 N–H and O–H groups in total. The lowest BCUT2D eigenvalue weighted by atomic mass is 10.0. The lowest BCUT2D eigenvalue weighted by molar-refractivity contribution is -0.0506. The molecule has 0 aliphatic heterocycles. The number of hydrogen-bond acceptors (Lipinski definition) is 2. The lowest BCUT2D eigenvalue weighted by Crippen LogP contribution is -2.25. The number of ether oxygens (including phenoxy) is 1. The van der Waals surface area contributed by atoms with Crippen LogP contribution in [0.5, 0.6) is 5.75 Å². The second-order valence-electron chi connectivity index (χ2n) is 4.94. The average molecular weight is 271 g/mol. The average Bonchev–Trinajstić information content (AvgIpc) is 2.36. The Morgan fingerprint density at radius 3 is 2.53 bits per heavy atom. The first-order chi connectivity index (χ1) is 9.04. The third-order valence-corrected chi connectivity index (χ3v) is 3.16. The van der Waals surface area contributed by atoms with Gasteiger partial charge in [0.15, 0.2) is 0 Å². The van der Waals surface area contributed by atoms with E-state index in [0.717, 1.165) is 24.9 Å². The summed E-state index contributed by atoms with van der Waals surface area (Å²) in [5, 5.41) is 3.37. The highest BCUT2D eigenvalue weighted by molar-refractivity contribution is 5.35. The van der Waals surface area contributed by atoms with Crippen LogP contribution < -0.4 is 10.1 Å². The predicted octanol–water partition coefficient (Wildman–Crippen LogP) is 4.37. The Morgan fingerprint density at radius 1 is 1.21 bits per heavy atom. The zero-order valence-corrected chi connectivity index (χ0v) is 11.8. The Morgan fingerprint density at radius 2 is 1.89 bits per heavy atom. The third kappa shape index (κ3) is 5.55. The van der Waals surface area contributed by atoms with E-state index in [0.29, 0.717) is 5.92 Å². The normalized spacial score (nSPS) is 14.4. The maximum Gasteiger partial charge on any atom is 0.387 e. The fraction of sp³-hybridized carbons (Fsp3) is 0.600. The molecule has 1 aromatic rings.